The Morgan fingerprint density at radius 1 is 1.36 bits per heavy atom. The first-order chi connectivity index (χ1) is 10.5. The molecule has 0 atom stereocenters. The summed E-state index contributed by atoms with van der Waals surface area (Å²) in [6.07, 6.45) is 5.87. The second-order valence-electron chi connectivity index (χ2n) is 6.49. The van der Waals surface area contributed by atoms with Crippen LogP contribution in [0, 0.1) is 6.92 Å². The Labute approximate surface area is 131 Å². The fraction of sp³-hybridized carbons (Fsp3) is 0.500. The van der Waals surface area contributed by atoms with Crippen LogP contribution in [0.4, 0.5) is 0 Å². The molecule has 2 aromatic rings. The van der Waals surface area contributed by atoms with E-state index in [-0.39, 0.29) is 5.91 Å². The van der Waals surface area contributed by atoms with Gasteiger partial charge in [-0.3, -0.25) is 4.79 Å². The topological polar surface area (TPSA) is 47.2 Å². The molecule has 1 aliphatic rings. The number of hydrogen-bond acceptors (Lipinski definition) is 2. The van der Waals surface area contributed by atoms with Gasteiger partial charge in [-0.2, -0.15) is 0 Å². The molecule has 22 heavy (non-hydrogen) atoms. The smallest absolute Gasteiger partial charge is 0.268 e. The van der Waals surface area contributed by atoms with Gasteiger partial charge in [0, 0.05) is 24.7 Å². The first-order valence-corrected chi connectivity index (χ1v) is 8.09. The van der Waals surface area contributed by atoms with Crippen LogP contribution in [0.1, 0.15) is 55.3 Å². The van der Waals surface area contributed by atoms with E-state index in [9.17, 15) is 4.79 Å². The summed E-state index contributed by atoms with van der Waals surface area (Å²) in [7, 11) is 0. The van der Waals surface area contributed by atoms with Crippen molar-refractivity contribution >= 4 is 17.0 Å². The molecule has 2 aromatic heterocycles. The molecular formula is C18H24N2O2. The highest BCUT2D eigenvalue weighted by Gasteiger charge is 2.21. The average molecular weight is 300 g/mol. The number of fused-ring (bicyclic) bond motifs is 1. The van der Waals surface area contributed by atoms with Crippen molar-refractivity contribution in [2.45, 2.75) is 58.5 Å². The van der Waals surface area contributed by atoms with Crippen molar-refractivity contribution in [1.29, 1.82) is 0 Å². The Balaban J connectivity index is 1.89. The summed E-state index contributed by atoms with van der Waals surface area (Å²) in [6.45, 7) is 8.51. The van der Waals surface area contributed by atoms with Gasteiger partial charge in [0.2, 0.25) is 0 Å². The second-order valence-corrected chi connectivity index (χ2v) is 6.49. The van der Waals surface area contributed by atoms with Crippen LogP contribution < -0.4 is 5.32 Å². The zero-order valence-corrected chi connectivity index (χ0v) is 13.4. The third-order valence-electron chi connectivity index (χ3n) is 4.31. The summed E-state index contributed by atoms with van der Waals surface area (Å²) in [6, 6.07) is 4.14. The minimum Gasteiger partial charge on any atom is -0.460 e. The van der Waals surface area contributed by atoms with Gasteiger partial charge in [-0.15, -0.1) is 0 Å². The number of aromatic nitrogens is 1. The SMILES string of the molecule is C=C(C)Cn1c(C(=O)NC2CCCCC2)cc2oc(C)cc21. The molecule has 0 aromatic carbocycles. The van der Waals surface area contributed by atoms with Crippen LogP contribution in [0.25, 0.3) is 11.1 Å². The molecule has 2 heterocycles. The molecule has 4 nitrogen and oxygen atoms in total. The molecule has 4 heteroatoms. The van der Waals surface area contributed by atoms with Crippen molar-refractivity contribution in [3.63, 3.8) is 0 Å². The van der Waals surface area contributed by atoms with Gasteiger partial charge in [0.05, 0.1) is 5.52 Å². The molecule has 1 aliphatic carbocycles. The third kappa shape index (κ3) is 2.96. The number of rotatable bonds is 4. The fourth-order valence-corrected chi connectivity index (χ4v) is 3.30. The summed E-state index contributed by atoms with van der Waals surface area (Å²) in [5, 5.41) is 3.18. The van der Waals surface area contributed by atoms with Gasteiger partial charge in [-0.05, 0) is 26.7 Å². The number of amides is 1. The van der Waals surface area contributed by atoms with Crippen molar-refractivity contribution in [1.82, 2.24) is 9.88 Å². The summed E-state index contributed by atoms with van der Waals surface area (Å²) < 4.78 is 7.69. The van der Waals surface area contributed by atoms with Crippen LogP contribution in [0.5, 0.6) is 0 Å². The number of nitrogens with zero attached hydrogens (tertiary/aromatic N) is 1. The fourth-order valence-electron chi connectivity index (χ4n) is 3.30. The first-order valence-electron chi connectivity index (χ1n) is 8.09. The van der Waals surface area contributed by atoms with Gasteiger partial charge in [0.15, 0.2) is 5.58 Å². The monoisotopic (exact) mass is 300 g/mol. The predicted octanol–water partition coefficient (Wildman–Crippen LogP) is 4.18. The summed E-state index contributed by atoms with van der Waals surface area (Å²) in [5.41, 5.74) is 3.42. The van der Waals surface area contributed by atoms with Crippen molar-refractivity contribution in [3.8, 4) is 0 Å². The first kappa shape index (κ1) is 14.9. The maximum Gasteiger partial charge on any atom is 0.268 e. The summed E-state index contributed by atoms with van der Waals surface area (Å²) in [5.74, 6) is 0.858. The maximum absolute atomic E-state index is 12.7. The van der Waals surface area contributed by atoms with Gasteiger partial charge in [-0.1, -0.05) is 31.4 Å². The molecule has 1 fully saturated rings. The quantitative estimate of drug-likeness (QED) is 0.861. The second kappa shape index (κ2) is 6.03. The van der Waals surface area contributed by atoms with Crippen LogP contribution in [-0.4, -0.2) is 16.5 Å². The molecule has 0 unspecified atom stereocenters. The van der Waals surface area contributed by atoms with Gasteiger partial charge in [0.1, 0.15) is 11.5 Å². The van der Waals surface area contributed by atoms with Crippen molar-refractivity contribution < 1.29 is 9.21 Å². The minimum atomic E-state index is -0.00259. The minimum absolute atomic E-state index is 0.00259. The lowest BCUT2D eigenvalue weighted by atomic mass is 9.95. The van der Waals surface area contributed by atoms with Gasteiger partial charge in [-0.25, -0.2) is 0 Å². The third-order valence-corrected chi connectivity index (χ3v) is 4.31. The zero-order chi connectivity index (χ0) is 15.7. The Bertz CT molecular complexity index is 702. The van der Waals surface area contributed by atoms with Crippen LogP contribution in [0.3, 0.4) is 0 Å². The van der Waals surface area contributed by atoms with E-state index in [4.69, 9.17) is 4.42 Å². The molecule has 0 bridgehead atoms. The summed E-state index contributed by atoms with van der Waals surface area (Å²) in [4.78, 5) is 12.7. The molecule has 118 valence electrons. The molecule has 0 spiro atoms. The lowest BCUT2D eigenvalue weighted by Gasteiger charge is -2.23. The van der Waals surface area contributed by atoms with E-state index in [0.717, 1.165) is 35.3 Å². The molecule has 0 saturated heterocycles. The van der Waals surface area contributed by atoms with Crippen LogP contribution in [-0.2, 0) is 6.54 Å². The van der Waals surface area contributed by atoms with E-state index in [2.05, 4.69) is 11.9 Å². The number of furan rings is 1. The van der Waals surface area contributed by atoms with E-state index in [1.165, 1.54) is 19.3 Å². The number of allylic oxidation sites excluding steroid dienone is 1. The summed E-state index contributed by atoms with van der Waals surface area (Å²) >= 11 is 0. The molecule has 1 saturated carbocycles. The van der Waals surface area contributed by atoms with Crippen molar-refractivity contribution in [2.75, 3.05) is 0 Å². The number of aryl methyl sites for hydroxylation is 1. The zero-order valence-electron chi connectivity index (χ0n) is 13.4. The van der Waals surface area contributed by atoms with Crippen LogP contribution >= 0.6 is 0 Å². The van der Waals surface area contributed by atoms with E-state index >= 15 is 0 Å². The maximum atomic E-state index is 12.7. The van der Waals surface area contributed by atoms with E-state index in [0.29, 0.717) is 18.3 Å². The lowest BCUT2D eigenvalue weighted by molar-refractivity contribution is 0.0919. The number of nitrogens with one attached hydrogen (secondary N) is 1. The molecular weight excluding hydrogens is 276 g/mol. The van der Waals surface area contributed by atoms with Crippen LogP contribution in [0.15, 0.2) is 28.7 Å². The normalized spacial score (nSPS) is 16.1. The predicted molar refractivity (Wildman–Crippen MR) is 88.1 cm³/mol. The highest BCUT2D eigenvalue weighted by atomic mass is 16.3. The Morgan fingerprint density at radius 3 is 2.77 bits per heavy atom. The van der Waals surface area contributed by atoms with Crippen LogP contribution in [0.2, 0.25) is 0 Å². The Hall–Kier alpha value is -1.97. The van der Waals surface area contributed by atoms with Gasteiger partial charge in [0.25, 0.3) is 5.91 Å². The Kier molecular flexibility index (Phi) is 4.10. The number of carbonyl (C=O) groups is 1. The molecule has 3 rings (SSSR count). The highest BCUT2D eigenvalue weighted by molar-refractivity contribution is 5.97. The number of carbonyl (C=O) groups excluding carboxylic acids is 1. The molecule has 1 amide bonds. The standard InChI is InChI=1S/C18H24N2O2/c1-12(2)11-20-15-9-13(3)22-17(15)10-16(20)18(21)19-14-7-5-4-6-8-14/h9-10,14H,1,4-8,11H2,2-3H3,(H,19,21). The van der Waals surface area contributed by atoms with E-state index in [1.807, 2.05) is 30.5 Å². The average Bonchev–Trinajstić information content (AvgIpc) is 2.97. The van der Waals surface area contributed by atoms with Crippen molar-refractivity contribution in [2.24, 2.45) is 0 Å². The number of hydrogen-bond donors (Lipinski definition) is 1. The largest absolute Gasteiger partial charge is 0.460 e. The highest BCUT2D eigenvalue weighted by Crippen LogP contribution is 2.25. The molecule has 0 aliphatic heterocycles. The molecule has 0 radical (unpaired) electrons. The lowest BCUT2D eigenvalue weighted by Crippen LogP contribution is -2.37. The van der Waals surface area contributed by atoms with Gasteiger partial charge < -0.3 is 14.3 Å². The van der Waals surface area contributed by atoms with E-state index < -0.39 is 0 Å². The van der Waals surface area contributed by atoms with Crippen molar-refractivity contribution in [3.05, 3.63) is 35.7 Å². The van der Waals surface area contributed by atoms with Gasteiger partial charge >= 0.3 is 0 Å². The van der Waals surface area contributed by atoms with E-state index in [1.54, 1.807) is 0 Å². The molecule has 1 N–H and O–H groups in total. The Morgan fingerprint density at radius 2 is 2.09 bits per heavy atom.